The number of ketones is 1. The van der Waals surface area contributed by atoms with Gasteiger partial charge in [-0.05, 0) is 19.9 Å². The maximum Gasteiger partial charge on any atom is 0.339 e. The minimum absolute atomic E-state index is 0.180. The molecule has 0 atom stereocenters. The van der Waals surface area contributed by atoms with Crippen LogP contribution in [0.25, 0.3) is 0 Å². The van der Waals surface area contributed by atoms with Crippen LogP contribution in [0, 0.1) is 13.0 Å². The molecule has 20 heavy (non-hydrogen) atoms. The molecule has 0 heterocycles. The molecule has 3 heteroatoms. The summed E-state index contributed by atoms with van der Waals surface area (Å²) in [6.45, 7) is 3.94. The van der Waals surface area contributed by atoms with Crippen molar-refractivity contribution in [3.63, 3.8) is 0 Å². The van der Waals surface area contributed by atoms with Crippen LogP contribution in [0.1, 0.15) is 38.8 Å². The summed E-state index contributed by atoms with van der Waals surface area (Å²) in [5.74, 6) is -0.728. The smallest absolute Gasteiger partial charge is 0.339 e. The molecule has 0 spiro atoms. The molecule has 0 bridgehead atoms. The SMILES string of the molecule is CCOC(=O)c1[c]cccc1C(=O)c1ccc(C)cc1. The minimum atomic E-state index is -0.524. The zero-order valence-electron chi connectivity index (χ0n) is 11.5. The molecule has 0 aliphatic carbocycles. The van der Waals surface area contributed by atoms with Crippen molar-refractivity contribution >= 4 is 11.8 Å². The molecule has 0 aliphatic heterocycles. The van der Waals surface area contributed by atoms with Crippen molar-refractivity contribution in [1.82, 2.24) is 0 Å². The predicted molar refractivity (Wildman–Crippen MR) is 75.8 cm³/mol. The van der Waals surface area contributed by atoms with Crippen molar-refractivity contribution in [3.8, 4) is 0 Å². The van der Waals surface area contributed by atoms with E-state index in [1.165, 1.54) is 0 Å². The second kappa shape index (κ2) is 6.15. The van der Waals surface area contributed by atoms with E-state index in [4.69, 9.17) is 4.74 Å². The Balaban J connectivity index is 2.39. The van der Waals surface area contributed by atoms with Gasteiger partial charge in [-0.1, -0.05) is 48.0 Å². The van der Waals surface area contributed by atoms with Gasteiger partial charge in [0.25, 0.3) is 0 Å². The number of esters is 1. The average molecular weight is 267 g/mol. The Bertz CT molecular complexity index is 627. The number of carbonyl (C=O) groups is 2. The molecular formula is C17H15O3. The van der Waals surface area contributed by atoms with E-state index in [-0.39, 0.29) is 18.0 Å². The zero-order valence-corrected chi connectivity index (χ0v) is 11.5. The Hall–Kier alpha value is -2.42. The van der Waals surface area contributed by atoms with Crippen molar-refractivity contribution in [2.24, 2.45) is 0 Å². The molecule has 0 saturated carbocycles. The van der Waals surface area contributed by atoms with Crippen molar-refractivity contribution in [3.05, 3.63) is 70.8 Å². The standard InChI is InChI=1S/C17H15O3/c1-3-20-17(19)15-7-5-4-6-14(15)16(18)13-10-8-12(2)9-11-13/h4-6,8-11H,3H2,1-2H3. The number of rotatable bonds is 4. The topological polar surface area (TPSA) is 43.4 Å². The summed E-state index contributed by atoms with van der Waals surface area (Å²) in [5.41, 5.74) is 2.11. The number of benzene rings is 2. The molecule has 3 nitrogen and oxygen atoms in total. The van der Waals surface area contributed by atoms with Gasteiger partial charge >= 0.3 is 5.97 Å². The lowest BCUT2D eigenvalue weighted by Crippen LogP contribution is -2.12. The summed E-state index contributed by atoms with van der Waals surface area (Å²) in [4.78, 5) is 24.3. The second-order valence-corrected chi connectivity index (χ2v) is 4.37. The van der Waals surface area contributed by atoms with Crippen LogP contribution in [0.15, 0.2) is 42.5 Å². The first-order valence-corrected chi connectivity index (χ1v) is 6.42. The van der Waals surface area contributed by atoms with Crippen LogP contribution in [0.2, 0.25) is 0 Å². The molecule has 0 fully saturated rings. The van der Waals surface area contributed by atoms with Gasteiger partial charge in [0, 0.05) is 11.1 Å². The monoisotopic (exact) mass is 267 g/mol. The van der Waals surface area contributed by atoms with E-state index in [0.29, 0.717) is 11.1 Å². The number of hydrogen-bond donors (Lipinski definition) is 0. The van der Waals surface area contributed by atoms with Gasteiger partial charge in [0.2, 0.25) is 0 Å². The van der Waals surface area contributed by atoms with Crippen molar-refractivity contribution in [1.29, 1.82) is 0 Å². The molecule has 0 N–H and O–H groups in total. The lowest BCUT2D eigenvalue weighted by atomic mass is 9.98. The third-order valence-corrected chi connectivity index (χ3v) is 2.89. The van der Waals surface area contributed by atoms with Gasteiger partial charge in [-0.15, -0.1) is 0 Å². The third kappa shape index (κ3) is 2.94. The van der Waals surface area contributed by atoms with Crippen LogP contribution < -0.4 is 0 Å². The van der Waals surface area contributed by atoms with Crippen LogP contribution in [0.3, 0.4) is 0 Å². The number of hydrogen-bond acceptors (Lipinski definition) is 3. The first-order valence-electron chi connectivity index (χ1n) is 6.42. The molecule has 0 aliphatic rings. The lowest BCUT2D eigenvalue weighted by Gasteiger charge is -2.07. The Morgan fingerprint density at radius 2 is 1.85 bits per heavy atom. The van der Waals surface area contributed by atoms with E-state index in [1.807, 2.05) is 19.1 Å². The fourth-order valence-corrected chi connectivity index (χ4v) is 1.86. The molecule has 1 radical (unpaired) electrons. The van der Waals surface area contributed by atoms with Gasteiger partial charge in [-0.2, -0.15) is 0 Å². The zero-order chi connectivity index (χ0) is 14.5. The minimum Gasteiger partial charge on any atom is -0.462 e. The highest BCUT2D eigenvalue weighted by Gasteiger charge is 2.18. The van der Waals surface area contributed by atoms with E-state index in [2.05, 4.69) is 6.07 Å². The van der Waals surface area contributed by atoms with Gasteiger partial charge < -0.3 is 4.74 Å². The molecule has 2 rings (SSSR count). The highest BCUT2D eigenvalue weighted by Crippen LogP contribution is 2.16. The Morgan fingerprint density at radius 3 is 2.50 bits per heavy atom. The summed E-state index contributed by atoms with van der Waals surface area (Å²) in [7, 11) is 0. The van der Waals surface area contributed by atoms with Gasteiger partial charge in [-0.3, -0.25) is 4.79 Å². The largest absolute Gasteiger partial charge is 0.462 e. The average Bonchev–Trinajstić information content (AvgIpc) is 2.47. The van der Waals surface area contributed by atoms with E-state index in [9.17, 15) is 9.59 Å². The van der Waals surface area contributed by atoms with Crippen molar-refractivity contribution in [2.75, 3.05) is 6.61 Å². The molecule has 101 valence electrons. The molecule has 0 amide bonds. The van der Waals surface area contributed by atoms with Crippen LogP contribution >= 0.6 is 0 Å². The predicted octanol–water partition coefficient (Wildman–Crippen LogP) is 3.20. The summed E-state index contributed by atoms with van der Waals surface area (Å²) < 4.78 is 4.95. The number of aryl methyl sites for hydroxylation is 1. The van der Waals surface area contributed by atoms with Gasteiger partial charge in [0.05, 0.1) is 12.2 Å². The first-order chi connectivity index (χ1) is 9.63. The van der Waals surface area contributed by atoms with E-state index >= 15 is 0 Å². The fourth-order valence-electron chi connectivity index (χ4n) is 1.86. The second-order valence-electron chi connectivity index (χ2n) is 4.37. The van der Waals surface area contributed by atoms with Crippen molar-refractivity contribution in [2.45, 2.75) is 13.8 Å². The van der Waals surface area contributed by atoms with Crippen LogP contribution in [0.5, 0.6) is 0 Å². The lowest BCUT2D eigenvalue weighted by molar-refractivity contribution is 0.0523. The summed E-state index contributed by atoms with van der Waals surface area (Å²) in [6.07, 6.45) is 0. The van der Waals surface area contributed by atoms with Gasteiger partial charge in [0.1, 0.15) is 0 Å². The van der Waals surface area contributed by atoms with E-state index in [1.54, 1.807) is 37.3 Å². The molecule has 2 aromatic rings. The maximum absolute atomic E-state index is 12.5. The highest BCUT2D eigenvalue weighted by molar-refractivity contribution is 6.14. The van der Waals surface area contributed by atoms with E-state index in [0.717, 1.165) is 5.56 Å². The van der Waals surface area contributed by atoms with Gasteiger partial charge in [0.15, 0.2) is 5.78 Å². The fraction of sp³-hybridized carbons (Fsp3) is 0.176. The molecule has 0 aromatic heterocycles. The Morgan fingerprint density at radius 1 is 1.15 bits per heavy atom. The third-order valence-electron chi connectivity index (χ3n) is 2.89. The van der Waals surface area contributed by atoms with Crippen LogP contribution in [-0.2, 0) is 4.74 Å². The highest BCUT2D eigenvalue weighted by atomic mass is 16.5. The Labute approximate surface area is 118 Å². The molecule has 0 saturated heterocycles. The van der Waals surface area contributed by atoms with Crippen LogP contribution in [0.4, 0.5) is 0 Å². The van der Waals surface area contributed by atoms with E-state index < -0.39 is 5.97 Å². The molecule has 2 aromatic carbocycles. The maximum atomic E-state index is 12.5. The quantitative estimate of drug-likeness (QED) is 0.631. The molecular weight excluding hydrogens is 252 g/mol. The van der Waals surface area contributed by atoms with Gasteiger partial charge in [-0.25, -0.2) is 4.79 Å². The Kier molecular flexibility index (Phi) is 4.31. The normalized spacial score (nSPS) is 10.1. The molecule has 0 unspecified atom stereocenters. The van der Waals surface area contributed by atoms with Crippen molar-refractivity contribution < 1.29 is 14.3 Å². The van der Waals surface area contributed by atoms with Crippen LogP contribution in [-0.4, -0.2) is 18.4 Å². The number of ether oxygens (including phenoxy) is 1. The number of carbonyl (C=O) groups excluding carboxylic acids is 2. The summed E-state index contributed by atoms with van der Waals surface area (Å²) >= 11 is 0. The summed E-state index contributed by atoms with van der Waals surface area (Å²) in [6, 6.07) is 14.9. The summed E-state index contributed by atoms with van der Waals surface area (Å²) in [5, 5.41) is 0. The first kappa shape index (κ1) is 14.0.